The fourth-order valence-corrected chi connectivity index (χ4v) is 3.06. The number of hydrogen-bond acceptors (Lipinski definition) is 3. The minimum Gasteiger partial charge on any atom is -0.492 e. The fourth-order valence-electron chi connectivity index (χ4n) is 2.86. The molecule has 0 radical (unpaired) electrons. The lowest BCUT2D eigenvalue weighted by atomic mass is 10.2. The maximum atomic E-state index is 12.7. The molecule has 0 spiro atoms. The lowest BCUT2D eigenvalue weighted by Gasteiger charge is -2.23. The van der Waals surface area contributed by atoms with Crippen LogP contribution in [0.4, 0.5) is 13.2 Å². The molecule has 0 amide bonds. The van der Waals surface area contributed by atoms with Gasteiger partial charge in [0.05, 0.1) is 5.56 Å². The number of alkyl halides is 3. The minimum atomic E-state index is -4.35. The molecule has 3 aromatic rings. The van der Waals surface area contributed by atoms with Gasteiger partial charge in [-0.25, -0.2) is 0 Å². The summed E-state index contributed by atoms with van der Waals surface area (Å²) in [6.07, 6.45) is -0.833. The molecule has 0 saturated heterocycles. The van der Waals surface area contributed by atoms with Crippen molar-refractivity contribution in [2.45, 2.75) is 19.3 Å². The van der Waals surface area contributed by atoms with Gasteiger partial charge in [-0.2, -0.15) is 13.2 Å². The van der Waals surface area contributed by atoms with Crippen molar-refractivity contribution < 1.29 is 17.9 Å². The number of halogens is 4. The van der Waals surface area contributed by atoms with Crippen molar-refractivity contribution in [1.82, 2.24) is 9.88 Å². The first-order valence-corrected chi connectivity index (χ1v) is 9.44. The molecule has 0 aliphatic carbocycles. The third kappa shape index (κ3) is 6.48. The Morgan fingerprint density at radius 3 is 2.34 bits per heavy atom. The van der Waals surface area contributed by atoms with Crippen LogP contribution in [0.25, 0.3) is 0 Å². The van der Waals surface area contributed by atoms with Crippen LogP contribution >= 0.6 is 11.6 Å². The Bertz CT molecular complexity index is 902. The number of nitrogens with zero attached hydrogens (tertiary/aromatic N) is 2. The molecule has 1 heterocycles. The largest absolute Gasteiger partial charge is 0.492 e. The fraction of sp³-hybridized carbons (Fsp3) is 0.227. The molecule has 3 nitrogen and oxygen atoms in total. The van der Waals surface area contributed by atoms with E-state index in [1.165, 1.54) is 12.1 Å². The Balaban J connectivity index is 1.62. The van der Waals surface area contributed by atoms with Gasteiger partial charge in [-0.3, -0.25) is 9.88 Å². The van der Waals surface area contributed by atoms with Gasteiger partial charge in [0.1, 0.15) is 12.4 Å². The van der Waals surface area contributed by atoms with Crippen molar-refractivity contribution in [2.24, 2.45) is 0 Å². The summed E-state index contributed by atoms with van der Waals surface area (Å²) >= 11 is 6.29. The first-order valence-electron chi connectivity index (χ1n) is 9.06. The predicted molar refractivity (Wildman–Crippen MR) is 107 cm³/mol. The summed E-state index contributed by atoms with van der Waals surface area (Å²) in [7, 11) is 0. The van der Waals surface area contributed by atoms with E-state index in [0.29, 0.717) is 37.0 Å². The zero-order valence-corrected chi connectivity index (χ0v) is 16.3. The van der Waals surface area contributed by atoms with E-state index >= 15 is 0 Å². The molecule has 29 heavy (non-hydrogen) atoms. The molecule has 0 unspecified atom stereocenters. The lowest BCUT2D eigenvalue weighted by molar-refractivity contribution is -0.137. The van der Waals surface area contributed by atoms with Crippen molar-refractivity contribution in [3.05, 3.63) is 94.8 Å². The lowest BCUT2D eigenvalue weighted by Crippen LogP contribution is -2.28. The Hall–Kier alpha value is -2.57. The number of pyridine rings is 1. The standard InChI is InChI=1S/C22H20ClF3N2O/c23-21-6-2-1-5-18(21)16-28(15-17-4-3-11-27-14-17)12-13-29-20-9-7-19(8-10-20)22(24,25)26/h1-11,14H,12-13,15-16H2. The molecule has 2 aromatic carbocycles. The average Bonchev–Trinajstić information content (AvgIpc) is 2.70. The summed E-state index contributed by atoms with van der Waals surface area (Å²) in [6.45, 7) is 2.16. The van der Waals surface area contributed by atoms with Crippen molar-refractivity contribution >= 4 is 11.6 Å². The molecular weight excluding hydrogens is 401 g/mol. The molecule has 3 rings (SSSR count). The maximum Gasteiger partial charge on any atom is 0.416 e. The van der Waals surface area contributed by atoms with Crippen LogP contribution in [0.15, 0.2) is 73.1 Å². The van der Waals surface area contributed by atoms with Gasteiger partial charge in [0.15, 0.2) is 0 Å². The van der Waals surface area contributed by atoms with E-state index in [-0.39, 0.29) is 0 Å². The summed E-state index contributed by atoms with van der Waals surface area (Å²) < 4.78 is 43.6. The van der Waals surface area contributed by atoms with Gasteiger partial charge < -0.3 is 4.74 Å². The van der Waals surface area contributed by atoms with Gasteiger partial charge in [-0.05, 0) is 47.5 Å². The molecule has 0 bridgehead atoms. The number of benzene rings is 2. The third-order valence-electron chi connectivity index (χ3n) is 4.34. The van der Waals surface area contributed by atoms with E-state index in [4.69, 9.17) is 16.3 Å². The molecule has 0 atom stereocenters. The van der Waals surface area contributed by atoms with Crippen molar-refractivity contribution in [1.29, 1.82) is 0 Å². The summed E-state index contributed by atoms with van der Waals surface area (Å²) in [5, 5.41) is 0.687. The molecular formula is C22H20ClF3N2O. The average molecular weight is 421 g/mol. The van der Waals surface area contributed by atoms with Gasteiger partial charge >= 0.3 is 6.18 Å². The topological polar surface area (TPSA) is 25.4 Å². The second-order valence-electron chi connectivity index (χ2n) is 6.53. The number of ether oxygens (including phenoxy) is 1. The van der Waals surface area contributed by atoms with Gasteiger partial charge in [0.25, 0.3) is 0 Å². The SMILES string of the molecule is FC(F)(F)c1ccc(OCCN(Cc2cccnc2)Cc2ccccc2Cl)cc1. The van der Waals surface area contributed by atoms with Crippen molar-refractivity contribution in [3.63, 3.8) is 0 Å². The number of aromatic nitrogens is 1. The van der Waals surface area contributed by atoms with E-state index in [0.717, 1.165) is 23.3 Å². The Labute approximate surface area is 172 Å². The number of hydrogen-bond donors (Lipinski definition) is 0. The minimum absolute atomic E-state index is 0.329. The van der Waals surface area contributed by atoms with E-state index in [1.807, 2.05) is 36.4 Å². The van der Waals surface area contributed by atoms with Gasteiger partial charge in [0.2, 0.25) is 0 Å². The van der Waals surface area contributed by atoms with Gasteiger partial charge in [-0.1, -0.05) is 35.9 Å². The molecule has 7 heteroatoms. The van der Waals surface area contributed by atoms with E-state index in [9.17, 15) is 13.2 Å². The van der Waals surface area contributed by atoms with E-state index in [2.05, 4.69) is 9.88 Å². The molecule has 0 fully saturated rings. The highest BCUT2D eigenvalue weighted by Gasteiger charge is 2.30. The second-order valence-corrected chi connectivity index (χ2v) is 6.94. The van der Waals surface area contributed by atoms with Crippen LogP contribution in [0.2, 0.25) is 5.02 Å². The summed E-state index contributed by atoms with van der Waals surface area (Å²) in [5.41, 5.74) is 1.35. The molecule has 0 aliphatic rings. The monoisotopic (exact) mass is 420 g/mol. The molecule has 0 aliphatic heterocycles. The van der Waals surface area contributed by atoms with Crippen LogP contribution in [-0.2, 0) is 19.3 Å². The maximum absolute atomic E-state index is 12.7. The number of rotatable bonds is 8. The first-order chi connectivity index (χ1) is 13.9. The molecule has 152 valence electrons. The molecule has 0 saturated carbocycles. The van der Waals surface area contributed by atoms with Crippen LogP contribution in [-0.4, -0.2) is 23.0 Å². The van der Waals surface area contributed by atoms with Crippen molar-refractivity contribution in [2.75, 3.05) is 13.2 Å². The van der Waals surface area contributed by atoms with Crippen LogP contribution in [0.3, 0.4) is 0 Å². The van der Waals surface area contributed by atoms with Gasteiger partial charge in [-0.15, -0.1) is 0 Å². The quantitative estimate of drug-likeness (QED) is 0.458. The normalized spacial score (nSPS) is 11.6. The van der Waals surface area contributed by atoms with Crippen LogP contribution < -0.4 is 4.74 Å². The van der Waals surface area contributed by atoms with Crippen LogP contribution in [0.1, 0.15) is 16.7 Å². The summed E-state index contributed by atoms with van der Waals surface area (Å²) in [6, 6.07) is 16.2. The Morgan fingerprint density at radius 1 is 0.931 bits per heavy atom. The van der Waals surface area contributed by atoms with Crippen LogP contribution in [0.5, 0.6) is 5.75 Å². The zero-order valence-electron chi connectivity index (χ0n) is 15.6. The summed E-state index contributed by atoms with van der Waals surface area (Å²) in [5.74, 6) is 0.400. The summed E-state index contributed by atoms with van der Waals surface area (Å²) in [4.78, 5) is 6.30. The predicted octanol–water partition coefficient (Wildman–Crippen LogP) is 5.84. The van der Waals surface area contributed by atoms with Crippen LogP contribution in [0, 0.1) is 0 Å². The molecule has 1 aromatic heterocycles. The molecule has 0 N–H and O–H groups in total. The highest BCUT2D eigenvalue weighted by Crippen LogP contribution is 2.30. The van der Waals surface area contributed by atoms with Crippen molar-refractivity contribution in [3.8, 4) is 5.75 Å². The smallest absolute Gasteiger partial charge is 0.416 e. The van der Waals surface area contributed by atoms with Gasteiger partial charge in [0, 0.05) is 37.1 Å². The van der Waals surface area contributed by atoms with E-state index < -0.39 is 11.7 Å². The van der Waals surface area contributed by atoms with E-state index in [1.54, 1.807) is 12.4 Å². The third-order valence-corrected chi connectivity index (χ3v) is 4.71. The highest BCUT2D eigenvalue weighted by atomic mass is 35.5. The Morgan fingerprint density at radius 2 is 1.69 bits per heavy atom. The zero-order chi connectivity index (χ0) is 20.7. The second kappa shape index (κ2) is 9.76. The highest BCUT2D eigenvalue weighted by molar-refractivity contribution is 6.31. The first kappa shape index (κ1) is 21.1. The Kier molecular flexibility index (Phi) is 7.12.